The number of aliphatic hydroxyl groups is 1. The molecule has 1 unspecified atom stereocenters. The fraction of sp³-hybridized carbons (Fsp3) is 0.375. The molecule has 1 aromatic carbocycles. The first-order valence-corrected chi connectivity index (χ1v) is 7.26. The lowest BCUT2D eigenvalue weighted by atomic mass is 10.1. The Labute approximate surface area is 123 Å². The molecule has 0 amide bonds. The molecule has 110 valence electrons. The summed E-state index contributed by atoms with van der Waals surface area (Å²) in [4.78, 5) is 7.82. The van der Waals surface area contributed by atoms with Gasteiger partial charge in [-0.25, -0.2) is 9.67 Å². The van der Waals surface area contributed by atoms with Gasteiger partial charge < -0.3 is 10.1 Å². The number of H-pyrrole nitrogens is 1. The summed E-state index contributed by atoms with van der Waals surface area (Å²) in [6.07, 6.45) is 1.83. The molecule has 2 aromatic heterocycles. The minimum atomic E-state index is -0.406. The summed E-state index contributed by atoms with van der Waals surface area (Å²) in [5, 5.41) is 15.3. The lowest BCUT2D eigenvalue weighted by Gasteiger charge is -2.10. The van der Waals surface area contributed by atoms with Crippen molar-refractivity contribution in [2.75, 3.05) is 0 Å². The van der Waals surface area contributed by atoms with E-state index in [9.17, 15) is 5.11 Å². The van der Waals surface area contributed by atoms with Crippen LogP contribution in [-0.2, 0) is 6.54 Å². The molecule has 0 aliphatic carbocycles. The van der Waals surface area contributed by atoms with Crippen LogP contribution in [-0.4, -0.2) is 31.0 Å². The number of hydrogen-bond acceptors (Lipinski definition) is 3. The van der Waals surface area contributed by atoms with Crippen molar-refractivity contribution in [3.8, 4) is 11.4 Å². The van der Waals surface area contributed by atoms with Gasteiger partial charge in [0.05, 0.1) is 18.2 Å². The number of para-hydroxylation sites is 1. The molecule has 0 saturated heterocycles. The van der Waals surface area contributed by atoms with Gasteiger partial charge in [0, 0.05) is 16.6 Å². The highest BCUT2D eigenvalue weighted by Gasteiger charge is 2.15. The Balaban J connectivity index is 2.13. The van der Waals surface area contributed by atoms with E-state index in [0.717, 1.165) is 22.6 Å². The summed E-state index contributed by atoms with van der Waals surface area (Å²) in [5.41, 5.74) is 4.51. The van der Waals surface area contributed by atoms with Crippen molar-refractivity contribution in [2.45, 2.75) is 39.8 Å². The van der Waals surface area contributed by atoms with Gasteiger partial charge in [0.1, 0.15) is 6.33 Å². The fourth-order valence-electron chi connectivity index (χ4n) is 2.60. The van der Waals surface area contributed by atoms with Gasteiger partial charge in [-0.3, -0.25) is 0 Å². The summed E-state index contributed by atoms with van der Waals surface area (Å²) >= 11 is 0. The second-order valence-electron chi connectivity index (χ2n) is 5.43. The number of nitrogens with zero attached hydrogens (tertiary/aromatic N) is 3. The summed E-state index contributed by atoms with van der Waals surface area (Å²) in [5.74, 6) is 0.786. The molecule has 5 heteroatoms. The number of rotatable bonds is 4. The topological polar surface area (TPSA) is 66.7 Å². The largest absolute Gasteiger partial charge is 0.391 e. The first-order chi connectivity index (χ1) is 10.1. The highest BCUT2D eigenvalue weighted by Crippen LogP contribution is 2.30. The summed E-state index contributed by atoms with van der Waals surface area (Å²) in [6.45, 7) is 6.61. The third-order valence-electron chi connectivity index (χ3n) is 4.05. The SMILES string of the molecule is CCC(O)Cn1ncnc1-c1cccc2c(C)c(C)[nH]c12. The fourth-order valence-corrected chi connectivity index (χ4v) is 2.60. The molecule has 3 aromatic rings. The molecule has 0 fully saturated rings. The molecule has 5 nitrogen and oxygen atoms in total. The number of aromatic amines is 1. The lowest BCUT2D eigenvalue weighted by Crippen LogP contribution is -2.16. The van der Waals surface area contributed by atoms with E-state index in [1.165, 1.54) is 10.9 Å². The van der Waals surface area contributed by atoms with Gasteiger partial charge in [0.2, 0.25) is 0 Å². The number of aromatic nitrogens is 4. The van der Waals surface area contributed by atoms with Gasteiger partial charge in [-0.1, -0.05) is 19.1 Å². The van der Waals surface area contributed by atoms with Crippen LogP contribution in [0.2, 0.25) is 0 Å². The Morgan fingerprint density at radius 1 is 1.33 bits per heavy atom. The standard InChI is InChI=1S/C16H20N4O/c1-4-12(21)8-20-16(17-9-18-20)14-7-5-6-13-10(2)11(3)19-15(13)14/h5-7,9,12,19,21H,4,8H2,1-3H3. The number of hydrogen-bond donors (Lipinski definition) is 2. The van der Waals surface area contributed by atoms with Crippen LogP contribution in [0.5, 0.6) is 0 Å². The van der Waals surface area contributed by atoms with Crippen LogP contribution in [0.3, 0.4) is 0 Å². The van der Waals surface area contributed by atoms with Crippen LogP contribution in [0.25, 0.3) is 22.3 Å². The van der Waals surface area contributed by atoms with Crippen LogP contribution in [0.4, 0.5) is 0 Å². The molecule has 0 saturated carbocycles. The highest BCUT2D eigenvalue weighted by molar-refractivity contribution is 5.95. The van der Waals surface area contributed by atoms with Gasteiger partial charge in [-0.05, 0) is 31.9 Å². The van der Waals surface area contributed by atoms with E-state index in [1.807, 2.05) is 19.1 Å². The molecule has 1 atom stereocenters. The summed E-state index contributed by atoms with van der Waals surface area (Å²) in [6, 6.07) is 6.18. The molecule has 0 aliphatic heterocycles. The van der Waals surface area contributed by atoms with E-state index in [2.05, 4.69) is 35.0 Å². The van der Waals surface area contributed by atoms with Crippen molar-refractivity contribution < 1.29 is 5.11 Å². The van der Waals surface area contributed by atoms with E-state index < -0.39 is 6.10 Å². The second kappa shape index (κ2) is 5.33. The van der Waals surface area contributed by atoms with E-state index in [1.54, 1.807) is 11.0 Å². The first kappa shape index (κ1) is 13.8. The number of benzene rings is 1. The molecule has 2 heterocycles. The van der Waals surface area contributed by atoms with E-state index >= 15 is 0 Å². The predicted molar refractivity (Wildman–Crippen MR) is 83.1 cm³/mol. The number of fused-ring (bicyclic) bond motifs is 1. The molecule has 0 bridgehead atoms. The molecule has 3 rings (SSSR count). The smallest absolute Gasteiger partial charge is 0.160 e. The van der Waals surface area contributed by atoms with Gasteiger partial charge >= 0.3 is 0 Å². The highest BCUT2D eigenvalue weighted by atomic mass is 16.3. The van der Waals surface area contributed by atoms with E-state index in [-0.39, 0.29) is 0 Å². The van der Waals surface area contributed by atoms with Crippen LogP contribution in [0.1, 0.15) is 24.6 Å². The molecule has 0 spiro atoms. The molecule has 0 radical (unpaired) electrons. The Bertz CT molecular complexity index is 772. The third kappa shape index (κ3) is 2.34. The molecular weight excluding hydrogens is 264 g/mol. The quantitative estimate of drug-likeness (QED) is 0.774. The zero-order chi connectivity index (χ0) is 15.0. The Morgan fingerprint density at radius 3 is 2.90 bits per heavy atom. The van der Waals surface area contributed by atoms with Crippen molar-refractivity contribution in [1.29, 1.82) is 0 Å². The Hall–Kier alpha value is -2.14. The van der Waals surface area contributed by atoms with Crippen LogP contribution < -0.4 is 0 Å². The van der Waals surface area contributed by atoms with E-state index in [4.69, 9.17) is 0 Å². The average Bonchev–Trinajstić information content (AvgIpc) is 3.05. The van der Waals surface area contributed by atoms with Crippen LogP contribution in [0, 0.1) is 13.8 Å². The van der Waals surface area contributed by atoms with Crippen molar-refractivity contribution >= 4 is 10.9 Å². The number of aliphatic hydroxyl groups excluding tert-OH is 1. The maximum absolute atomic E-state index is 9.87. The number of nitrogens with one attached hydrogen (secondary N) is 1. The Morgan fingerprint density at radius 2 is 2.14 bits per heavy atom. The van der Waals surface area contributed by atoms with Crippen molar-refractivity contribution in [3.05, 3.63) is 35.8 Å². The van der Waals surface area contributed by atoms with Crippen LogP contribution in [0.15, 0.2) is 24.5 Å². The first-order valence-electron chi connectivity index (χ1n) is 7.26. The van der Waals surface area contributed by atoms with Gasteiger partial charge in [0.25, 0.3) is 0 Å². The normalized spacial score (nSPS) is 13.0. The van der Waals surface area contributed by atoms with Crippen molar-refractivity contribution in [2.24, 2.45) is 0 Å². The maximum Gasteiger partial charge on any atom is 0.160 e. The van der Waals surface area contributed by atoms with E-state index in [0.29, 0.717) is 13.0 Å². The minimum Gasteiger partial charge on any atom is -0.391 e. The molecular formula is C16H20N4O. The Kier molecular flexibility index (Phi) is 3.51. The molecule has 2 N–H and O–H groups in total. The van der Waals surface area contributed by atoms with Crippen LogP contribution >= 0.6 is 0 Å². The van der Waals surface area contributed by atoms with Gasteiger partial charge in [-0.2, -0.15) is 5.10 Å². The monoisotopic (exact) mass is 284 g/mol. The second-order valence-corrected chi connectivity index (χ2v) is 5.43. The van der Waals surface area contributed by atoms with Gasteiger partial charge in [0.15, 0.2) is 5.82 Å². The van der Waals surface area contributed by atoms with Crippen molar-refractivity contribution in [1.82, 2.24) is 19.7 Å². The maximum atomic E-state index is 9.87. The molecule has 21 heavy (non-hydrogen) atoms. The lowest BCUT2D eigenvalue weighted by molar-refractivity contribution is 0.146. The predicted octanol–water partition coefficient (Wildman–Crippen LogP) is 2.81. The third-order valence-corrected chi connectivity index (χ3v) is 4.05. The summed E-state index contributed by atoms with van der Waals surface area (Å²) < 4.78 is 1.77. The summed E-state index contributed by atoms with van der Waals surface area (Å²) in [7, 11) is 0. The number of aryl methyl sites for hydroxylation is 2. The van der Waals surface area contributed by atoms with Crippen molar-refractivity contribution in [3.63, 3.8) is 0 Å². The minimum absolute atomic E-state index is 0.406. The zero-order valence-electron chi connectivity index (χ0n) is 12.6. The molecule has 0 aliphatic rings. The van der Waals surface area contributed by atoms with Gasteiger partial charge in [-0.15, -0.1) is 0 Å². The average molecular weight is 284 g/mol. The zero-order valence-corrected chi connectivity index (χ0v) is 12.6.